The number of carbonyl (C=O) groups is 1. The molecule has 40 heavy (non-hydrogen) atoms. The van der Waals surface area contributed by atoms with Crippen LogP contribution in [0, 0.1) is 12.7 Å². The number of nitrogens with one attached hydrogen (secondary N) is 1. The van der Waals surface area contributed by atoms with Crippen LogP contribution >= 0.6 is 0 Å². The monoisotopic (exact) mass is 540 g/mol. The third kappa shape index (κ3) is 4.40. The topological polar surface area (TPSA) is 127 Å². The van der Waals surface area contributed by atoms with Crippen molar-refractivity contribution in [2.24, 2.45) is 7.05 Å². The van der Waals surface area contributed by atoms with Gasteiger partial charge >= 0.3 is 0 Å². The first-order valence-electron chi connectivity index (χ1n) is 12.5. The number of hydrogen-bond donors (Lipinski definition) is 1. The van der Waals surface area contributed by atoms with Crippen molar-refractivity contribution >= 4 is 45.4 Å². The van der Waals surface area contributed by atoms with Crippen LogP contribution in [0.15, 0.2) is 55.5 Å². The summed E-state index contributed by atoms with van der Waals surface area (Å²) in [6, 6.07) is 8.72. The molecule has 6 rings (SSSR count). The average Bonchev–Trinajstić information content (AvgIpc) is 3.31. The van der Waals surface area contributed by atoms with Gasteiger partial charge in [-0.25, -0.2) is 29.0 Å². The average molecular weight is 541 g/mol. The predicted octanol–water partition coefficient (Wildman–Crippen LogP) is 3.52. The van der Waals surface area contributed by atoms with Crippen LogP contribution < -0.4 is 15.0 Å². The van der Waals surface area contributed by atoms with Gasteiger partial charge in [-0.05, 0) is 37.3 Å². The quantitative estimate of drug-likeness (QED) is 0.306. The Morgan fingerprint density at radius 1 is 1.20 bits per heavy atom. The Hall–Kier alpha value is -5.20. The zero-order valence-corrected chi connectivity index (χ0v) is 22.0. The zero-order valence-electron chi connectivity index (χ0n) is 22.0. The van der Waals surface area contributed by atoms with Gasteiger partial charge < -0.3 is 19.9 Å². The van der Waals surface area contributed by atoms with Crippen LogP contribution in [0.3, 0.4) is 0 Å². The van der Waals surface area contributed by atoms with E-state index in [-0.39, 0.29) is 17.6 Å². The Bertz CT molecular complexity index is 1780. The first kappa shape index (κ1) is 25.1. The second-order valence-corrected chi connectivity index (χ2v) is 9.48. The molecule has 1 amide bonds. The summed E-state index contributed by atoms with van der Waals surface area (Å²) >= 11 is 0. The van der Waals surface area contributed by atoms with Gasteiger partial charge in [-0.1, -0.05) is 11.8 Å². The minimum atomic E-state index is -0.488. The minimum Gasteiger partial charge on any atom is -0.457 e. The molecule has 1 N–H and O–H groups in total. The lowest BCUT2D eigenvalue weighted by molar-refractivity contribution is -0.130. The van der Waals surface area contributed by atoms with Gasteiger partial charge in [0.05, 0.1) is 23.4 Å². The van der Waals surface area contributed by atoms with Gasteiger partial charge in [0.2, 0.25) is 11.9 Å². The Morgan fingerprint density at radius 2 is 2.02 bits per heavy atom. The predicted molar refractivity (Wildman–Crippen MR) is 147 cm³/mol. The van der Waals surface area contributed by atoms with Gasteiger partial charge in [0.15, 0.2) is 11.6 Å². The van der Waals surface area contributed by atoms with Gasteiger partial charge in [0, 0.05) is 38.8 Å². The molecular formula is C27H25FN10O2. The van der Waals surface area contributed by atoms with E-state index in [1.165, 1.54) is 12.4 Å². The highest BCUT2D eigenvalue weighted by molar-refractivity contribution is 5.88. The number of likely N-dealkylation sites (N-methyl/N-ethyl adjacent to an activating group) is 1. The van der Waals surface area contributed by atoms with E-state index in [0.717, 1.165) is 5.52 Å². The number of fused-ring (bicyclic) bond motifs is 2. The summed E-state index contributed by atoms with van der Waals surface area (Å²) in [5.41, 5.74) is 3.01. The number of benzene rings is 2. The van der Waals surface area contributed by atoms with E-state index in [2.05, 4.69) is 42.1 Å². The molecule has 0 atom stereocenters. The number of likely N-dealkylation sites (tertiary alicyclic amines) is 1. The highest BCUT2D eigenvalue weighted by atomic mass is 19.1. The summed E-state index contributed by atoms with van der Waals surface area (Å²) in [4.78, 5) is 33.0. The van der Waals surface area contributed by atoms with E-state index in [0.29, 0.717) is 58.5 Å². The van der Waals surface area contributed by atoms with Crippen molar-refractivity contribution in [2.45, 2.75) is 13.0 Å². The van der Waals surface area contributed by atoms with Crippen LogP contribution in [0.5, 0.6) is 11.5 Å². The Morgan fingerprint density at radius 3 is 2.83 bits per heavy atom. The number of halogens is 1. The molecule has 0 saturated carbocycles. The fourth-order valence-electron chi connectivity index (χ4n) is 4.49. The Labute approximate surface area is 228 Å². The van der Waals surface area contributed by atoms with Gasteiger partial charge in [-0.3, -0.25) is 4.79 Å². The van der Waals surface area contributed by atoms with Crippen LogP contribution in [0.1, 0.15) is 5.56 Å². The fraction of sp³-hybridized carbons (Fsp3) is 0.222. The first-order valence-corrected chi connectivity index (χ1v) is 12.5. The Kier molecular flexibility index (Phi) is 6.17. The number of carbonyl (C=O) groups excluding carboxylic acids is 1. The molecule has 1 aliphatic rings. The number of aryl methyl sites for hydroxylation is 1. The summed E-state index contributed by atoms with van der Waals surface area (Å²) < 4.78 is 23.1. The number of anilines is 3. The molecular weight excluding hydrogens is 515 g/mol. The van der Waals surface area contributed by atoms with Crippen molar-refractivity contribution < 1.29 is 13.9 Å². The van der Waals surface area contributed by atoms with E-state index in [4.69, 9.17) is 4.74 Å². The normalized spacial score (nSPS) is 13.3. The van der Waals surface area contributed by atoms with E-state index in [1.54, 1.807) is 47.0 Å². The molecule has 0 bridgehead atoms. The van der Waals surface area contributed by atoms with Gasteiger partial charge in [-0.15, -0.1) is 5.10 Å². The summed E-state index contributed by atoms with van der Waals surface area (Å²) in [6.07, 6.45) is 4.27. The van der Waals surface area contributed by atoms with Crippen molar-refractivity contribution in [2.75, 3.05) is 30.4 Å². The van der Waals surface area contributed by atoms with Crippen molar-refractivity contribution in [3.8, 4) is 11.5 Å². The lowest BCUT2D eigenvalue weighted by atomic mass is 10.1. The maximum atomic E-state index is 15.5. The second kappa shape index (κ2) is 9.84. The van der Waals surface area contributed by atoms with Crippen LogP contribution in [-0.4, -0.2) is 71.9 Å². The van der Waals surface area contributed by atoms with Crippen molar-refractivity contribution in [3.63, 3.8) is 0 Å². The Balaban J connectivity index is 1.24. The molecule has 5 aromatic rings. The van der Waals surface area contributed by atoms with Crippen LogP contribution in [-0.2, 0) is 11.8 Å². The SMILES string of the molecule is C=CC(=O)N1CC(N(C)c2ncc3ncnc(Nc4ccc(Oc5ccc6c(c5)nnn6C)c(C)c4F)c3n2)C1. The molecule has 202 valence electrons. The summed E-state index contributed by atoms with van der Waals surface area (Å²) in [5, 5.41) is 11.1. The molecule has 1 fully saturated rings. The molecule has 2 aromatic carbocycles. The molecule has 0 radical (unpaired) electrons. The molecule has 13 heteroatoms. The number of aromatic nitrogens is 7. The maximum absolute atomic E-state index is 15.5. The number of nitrogens with zero attached hydrogens (tertiary/aromatic N) is 9. The highest BCUT2D eigenvalue weighted by Gasteiger charge is 2.33. The highest BCUT2D eigenvalue weighted by Crippen LogP contribution is 2.33. The molecule has 1 saturated heterocycles. The van der Waals surface area contributed by atoms with Crippen molar-refractivity contribution in [1.82, 2.24) is 39.8 Å². The number of rotatable bonds is 7. The van der Waals surface area contributed by atoms with E-state index >= 15 is 4.39 Å². The standard InChI is InChI=1S/C27H25FN10O2/c1-5-23(39)38-12-16(13-38)36(3)27-29-11-20-25(33-27)26(31-14-30-20)32-18-7-9-22(15(2)24(18)28)40-17-6-8-21-19(10-17)34-35-37(21)4/h5-11,14,16H,1,12-13H2,2-4H3,(H,30,31,32). The molecule has 4 heterocycles. The molecule has 12 nitrogen and oxygen atoms in total. The van der Waals surface area contributed by atoms with E-state index in [9.17, 15) is 4.79 Å². The number of ether oxygens (including phenoxy) is 1. The third-order valence-electron chi connectivity index (χ3n) is 6.98. The molecule has 0 aliphatic carbocycles. The maximum Gasteiger partial charge on any atom is 0.246 e. The van der Waals surface area contributed by atoms with Gasteiger partial charge in [-0.2, -0.15) is 0 Å². The molecule has 0 spiro atoms. The minimum absolute atomic E-state index is 0.0599. The smallest absolute Gasteiger partial charge is 0.246 e. The van der Waals surface area contributed by atoms with Crippen LogP contribution in [0.2, 0.25) is 0 Å². The van der Waals surface area contributed by atoms with Gasteiger partial charge in [0.1, 0.15) is 34.4 Å². The van der Waals surface area contributed by atoms with Gasteiger partial charge in [0.25, 0.3) is 0 Å². The number of amides is 1. The molecule has 1 aliphatic heterocycles. The van der Waals surface area contributed by atoms with E-state index < -0.39 is 5.82 Å². The largest absolute Gasteiger partial charge is 0.457 e. The number of hydrogen-bond acceptors (Lipinski definition) is 10. The third-order valence-corrected chi connectivity index (χ3v) is 6.98. The zero-order chi connectivity index (χ0) is 28.0. The fourth-order valence-corrected chi connectivity index (χ4v) is 4.49. The van der Waals surface area contributed by atoms with Crippen molar-refractivity contribution in [3.05, 3.63) is 66.9 Å². The van der Waals surface area contributed by atoms with Crippen molar-refractivity contribution in [1.29, 1.82) is 0 Å². The molecule has 0 unspecified atom stereocenters. The lowest BCUT2D eigenvalue weighted by Gasteiger charge is -2.43. The van der Waals surface area contributed by atoms with Crippen LogP contribution in [0.25, 0.3) is 22.1 Å². The lowest BCUT2D eigenvalue weighted by Crippen LogP contribution is -2.60. The molecule has 3 aromatic heterocycles. The first-order chi connectivity index (χ1) is 19.3. The summed E-state index contributed by atoms with van der Waals surface area (Å²) in [7, 11) is 3.67. The van der Waals surface area contributed by atoms with E-state index in [1.807, 2.05) is 25.1 Å². The van der Waals surface area contributed by atoms with Crippen LogP contribution in [0.4, 0.5) is 21.8 Å². The summed E-state index contributed by atoms with van der Waals surface area (Å²) in [6.45, 7) is 6.26. The summed E-state index contributed by atoms with van der Waals surface area (Å²) in [5.74, 6) is 1.08. The second-order valence-electron chi connectivity index (χ2n) is 9.48.